The lowest BCUT2D eigenvalue weighted by Gasteiger charge is -2.07. The first-order valence-electron chi connectivity index (χ1n) is 8.53. The van der Waals surface area contributed by atoms with Crippen LogP contribution in [-0.4, -0.2) is 0 Å². The maximum absolute atomic E-state index is 7.48. The fourth-order valence-corrected chi connectivity index (χ4v) is 2.54. The van der Waals surface area contributed by atoms with Gasteiger partial charge >= 0.3 is 0 Å². The van der Waals surface area contributed by atoms with Gasteiger partial charge < -0.3 is 0 Å². The Kier molecular flexibility index (Phi) is 2.72. The molecule has 2 aromatic carbocycles. The number of hydrogen-bond acceptors (Lipinski definition) is 0. The molecule has 1 aromatic heterocycles. The summed E-state index contributed by atoms with van der Waals surface area (Å²) in [4.78, 5) is 0. The Morgan fingerprint density at radius 3 is 2.38 bits per heavy atom. The molecule has 0 aliphatic heterocycles. The van der Waals surface area contributed by atoms with Crippen molar-refractivity contribution in [3.63, 3.8) is 0 Å². The highest BCUT2D eigenvalue weighted by atomic mass is 14.9. The molecule has 0 amide bonds. The number of aryl methyl sites for hydroxylation is 3. The van der Waals surface area contributed by atoms with Gasteiger partial charge in [-0.2, -0.15) is 0 Å². The first-order valence-corrected chi connectivity index (χ1v) is 7.03. The third-order valence-corrected chi connectivity index (χ3v) is 3.79. The molecule has 0 spiro atoms. The number of hydrogen-bond donors (Lipinski definition) is 0. The summed E-state index contributed by atoms with van der Waals surface area (Å²) in [6.07, 6.45) is 2.04. The minimum absolute atomic E-state index is 0.367. The minimum atomic E-state index is -2.06. The molecular formula is C20H20N+. The molecule has 3 rings (SSSR count). The summed E-state index contributed by atoms with van der Waals surface area (Å²) >= 11 is 0. The van der Waals surface area contributed by atoms with E-state index < -0.39 is 6.85 Å². The summed E-state index contributed by atoms with van der Waals surface area (Å²) in [6.45, 7) is 0.0428. The number of pyridine rings is 1. The zero-order chi connectivity index (χ0) is 17.3. The van der Waals surface area contributed by atoms with Gasteiger partial charge in [-0.05, 0) is 36.5 Å². The third-order valence-electron chi connectivity index (χ3n) is 3.79. The van der Waals surface area contributed by atoms with Gasteiger partial charge in [-0.3, -0.25) is 0 Å². The highest BCUT2D eigenvalue weighted by Crippen LogP contribution is 2.25. The van der Waals surface area contributed by atoms with E-state index in [2.05, 4.69) is 29.7 Å². The van der Waals surface area contributed by atoms with Crippen LogP contribution in [0.5, 0.6) is 0 Å². The predicted molar refractivity (Wildman–Crippen MR) is 88.0 cm³/mol. The van der Waals surface area contributed by atoms with Crippen LogP contribution in [0.15, 0.2) is 66.9 Å². The molecule has 0 saturated heterocycles. The monoisotopic (exact) mass is 277 g/mol. The van der Waals surface area contributed by atoms with Gasteiger partial charge in [0.25, 0.3) is 0 Å². The van der Waals surface area contributed by atoms with Gasteiger partial charge in [0.15, 0.2) is 6.20 Å². The van der Waals surface area contributed by atoms with E-state index in [4.69, 9.17) is 4.11 Å². The van der Waals surface area contributed by atoms with Gasteiger partial charge in [-0.25, -0.2) is 4.57 Å². The van der Waals surface area contributed by atoms with Crippen molar-refractivity contribution in [2.45, 2.75) is 13.8 Å². The molecule has 1 heterocycles. The molecule has 0 fully saturated rings. The van der Waals surface area contributed by atoms with Crippen LogP contribution in [0.1, 0.15) is 15.2 Å². The largest absolute Gasteiger partial charge is 0.213 e. The van der Waals surface area contributed by atoms with Crippen LogP contribution in [0.4, 0.5) is 0 Å². The molecule has 0 atom stereocenters. The Labute approximate surface area is 130 Å². The Bertz CT molecular complexity index is 865. The summed E-state index contributed by atoms with van der Waals surface area (Å²) in [5, 5.41) is 0. The fraction of sp³-hybridized carbons (Fsp3) is 0.150. The van der Waals surface area contributed by atoms with Crippen molar-refractivity contribution >= 4 is 0 Å². The second-order valence-electron chi connectivity index (χ2n) is 5.30. The van der Waals surface area contributed by atoms with Crippen LogP contribution < -0.4 is 4.57 Å². The zero-order valence-electron chi connectivity index (χ0n) is 15.3. The van der Waals surface area contributed by atoms with Crippen molar-refractivity contribution in [2.75, 3.05) is 0 Å². The Balaban J connectivity index is 2.05. The number of benzene rings is 2. The van der Waals surface area contributed by atoms with Crippen molar-refractivity contribution in [3.8, 4) is 22.4 Å². The van der Waals surface area contributed by atoms with E-state index in [0.717, 1.165) is 16.8 Å². The zero-order valence-corrected chi connectivity index (χ0v) is 12.3. The van der Waals surface area contributed by atoms with Crippen LogP contribution in [0.25, 0.3) is 22.4 Å². The molecule has 0 radical (unpaired) electrons. The van der Waals surface area contributed by atoms with E-state index >= 15 is 0 Å². The smallest absolute Gasteiger partial charge is 0.201 e. The van der Waals surface area contributed by atoms with Crippen LogP contribution in [-0.2, 0) is 7.05 Å². The van der Waals surface area contributed by atoms with Gasteiger partial charge in [0, 0.05) is 21.8 Å². The lowest BCUT2D eigenvalue weighted by Crippen LogP contribution is -2.30. The quantitative estimate of drug-likeness (QED) is 0.609. The van der Waals surface area contributed by atoms with Gasteiger partial charge in [-0.1, -0.05) is 48.0 Å². The van der Waals surface area contributed by atoms with Crippen LogP contribution in [0.2, 0.25) is 0 Å². The van der Waals surface area contributed by atoms with Crippen molar-refractivity contribution in [3.05, 3.63) is 78.0 Å². The standard InChI is InChI=1S/C20H20N/c1-15-8-10-17(11-9-15)18-12-13-21(3)20(14-18)19-7-5-4-6-16(19)2/h4-14H,1-3H3/q+1/i1D3. The van der Waals surface area contributed by atoms with E-state index in [-0.39, 0.29) is 0 Å². The van der Waals surface area contributed by atoms with Gasteiger partial charge in [-0.15, -0.1) is 0 Å². The summed E-state index contributed by atoms with van der Waals surface area (Å²) in [5.41, 5.74) is 6.00. The lowest BCUT2D eigenvalue weighted by molar-refractivity contribution is -0.660. The summed E-state index contributed by atoms with van der Waals surface area (Å²) < 4.78 is 24.5. The summed E-state index contributed by atoms with van der Waals surface area (Å²) in [7, 11) is 2.03. The normalized spacial score (nSPS) is 13.3. The molecule has 0 bridgehead atoms. The average molecular weight is 277 g/mol. The molecule has 1 heteroatoms. The van der Waals surface area contributed by atoms with Crippen molar-refractivity contribution in [2.24, 2.45) is 7.05 Å². The predicted octanol–water partition coefficient (Wildman–Crippen LogP) is 4.46. The van der Waals surface area contributed by atoms with Crippen molar-refractivity contribution in [1.29, 1.82) is 0 Å². The van der Waals surface area contributed by atoms with Gasteiger partial charge in [0.1, 0.15) is 7.05 Å². The average Bonchev–Trinajstić information content (AvgIpc) is 2.55. The van der Waals surface area contributed by atoms with Gasteiger partial charge in [0.2, 0.25) is 5.69 Å². The number of rotatable bonds is 2. The highest BCUT2D eigenvalue weighted by molar-refractivity contribution is 5.70. The van der Waals surface area contributed by atoms with E-state index in [1.807, 2.05) is 43.6 Å². The molecule has 104 valence electrons. The molecule has 0 saturated carbocycles. The first-order chi connectivity index (χ1) is 11.4. The Morgan fingerprint density at radius 2 is 1.67 bits per heavy atom. The topological polar surface area (TPSA) is 3.88 Å². The van der Waals surface area contributed by atoms with E-state index in [1.165, 1.54) is 11.1 Å². The fourth-order valence-electron chi connectivity index (χ4n) is 2.54. The second-order valence-corrected chi connectivity index (χ2v) is 5.30. The molecule has 0 N–H and O–H groups in total. The van der Waals surface area contributed by atoms with Crippen molar-refractivity contribution < 1.29 is 8.68 Å². The molecule has 0 aliphatic rings. The Morgan fingerprint density at radius 1 is 0.905 bits per heavy atom. The summed E-state index contributed by atoms with van der Waals surface area (Å²) in [6, 6.07) is 19.6. The number of nitrogens with zero attached hydrogens (tertiary/aromatic N) is 1. The third kappa shape index (κ3) is 2.73. The molecule has 1 nitrogen and oxygen atoms in total. The molecule has 0 aliphatic carbocycles. The minimum Gasteiger partial charge on any atom is -0.201 e. The van der Waals surface area contributed by atoms with E-state index in [1.54, 1.807) is 12.1 Å². The van der Waals surface area contributed by atoms with Crippen LogP contribution in [0.3, 0.4) is 0 Å². The van der Waals surface area contributed by atoms with Crippen LogP contribution >= 0.6 is 0 Å². The van der Waals surface area contributed by atoms with E-state index in [0.29, 0.717) is 5.56 Å². The second kappa shape index (κ2) is 5.53. The molecule has 0 unspecified atom stereocenters. The molecule has 21 heavy (non-hydrogen) atoms. The van der Waals surface area contributed by atoms with Crippen molar-refractivity contribution in [1.82, 2.24) is 0 Å². The molecular weight excluding hydrogens is 254 g/mol. The van der Waals surface area contributed by atoms with E-state index in [9.17, 15) is 0 Å². The highest BCUT2D eigenvalue weighted by Gasteiger charge is 2.13. The Hall–Kier alpha value is -2.41. The maximum atomic E-state index is 7.48. The molecule has 3 aromatic rings. The number of aromatic nitrogens is 1. The first kappa shape index (κ1) is 10.3. The maximum Gasteiger partial charge on any atom is 0.213 e. The lowest BCUT2D eigenvalue weighted by atomic mass is 10.00. The summed E-state index contributed by atoms with van der Waals surface area (Å²) in [5.74, 6) is 0. The van der Waals surface area contributed by atoms with Crippen LogP contribution in [0, 0.1) is 13.8 Å². The van der Waals surface area contributed by atoms with Gasteiger partial charge in [0.05, 0.1) is 0 Å². The SMILES string of the molecule is [2H]C([2H])([2H])c1ccc(-c2cc[n+](C)c(-c3ccccc3C)c2)cc1.